The Morgan fingerprint density at radius 1 is 1.18 bits per heavy atom. The zero-order valence-electron chi connectivity index (χ0n) is 10.7. The molecule has 3 heteroatoms. The molecule has 0 aliphatic heterocycles. The first-order valence-corrected chi connectivity index (χ1v) is 6.78. The predicted molar refractivity (Wildman–Crippen MR) is 76.3 cm³/mol. The Labute approximate surface area is 109 Å². The zero-order valence-corrected chi connectivity index (χ0v) is 11.4. The smallest absolute Gasteiger partial charge is 0.0659 e. The molecule has 2 nitrogen and oxygen atoms in total. The van der Waals surface area contributed by atoms with E-state index in [0.29, 0.717) is 6.04 Å². The van der Waals surface area contributed by atoms with Crippen LogP contribution in [0.1, 0.15) is 32.1 Å². The van der Waals surface area contributed by atoms with Crippen molar-refractivity contribution in [3.8, 4) is 0 Å². The number of rotatable bonds is 3. The SMILES string of the molecule is CN(C)c1ccc(NC2CCCCC2)cc1Cl. The summed E-state index contributed by atoms with van der Waals surface area (Å²) < 4.78 is 0. The Hall–Kier alpha value is -0.890. The van der Waals surface area contributed by atoms with Crippen molar-refractivity contribution in [1.29, 1.82) is 0 Å². The Morgan fingerprint density at radius 2 is 1.88 bits per heavy atom. The van der Waals surface area contributed by atoms with Gasteiger partial charge in [0.15, 0.2) is 0 Å². The summed E-state index contributed by atoms with van der Waals surface area (Å²) in [6, 6.07) is 6.86. The molecule has 0 aromatic heterocycles. The summed E-state index contributed by atoms with van der Waals surface area (Å²) in [6.07, 6.45) is 6.65. The molecule has 2 rings (SSSR count). The molecule has 1 aliphatic carbocycles. The molecule has 1 saturated carbocycles. The van der Waals surface area contributed by atoms with Gasteiger partial charge in [0, 0.05) is 25.8 Å². The highest BCUT2D eigenvalue weighted by Gasteiger charge is 2.13. The van der Waals surface area contributed by atoms with Gasteiger partial charge in [-0.2, -0.15) is 0 Å². The minimum absolute atomic E-state index is 0.630. The van der Waals surface area contributed by atoms with Gasteiger partial charge in [-0.25, -0.2) is 0 Å². The van der Waals surface area contributed by atoms with Crippen molar-refractivity contribution in [2.24, 2.45) is 0 Å². The van der Waals surface area contributed by atoms with Gasteiger partial charge in [-0.05, 0) is 31.0 Å². The first kappa shape index (κ1) is 12.6. The van der Waals surface area contributed by atoms with Gasteiger partial charge in [-0.15, -0.1) is 0 Å². The number of nitrogens with one attached hydrogen (secondary N) is 1. The summed E-state index contributed by atoms with van der Waals surface area (Å²) in [5, 5.41) is 4.40. The van der Waals surface area contributed by atoms with Crippen LogP contribution >= 0.6 is 11.6 Å². The summed E-state index contributed by atoms with van der Waals surface area (Å²) in [7, 11) is 4.02. The summed E-state index contributed by atoms with van der Waals surface area (Å²) >= 11 is 6.26. The van der Waals surface area contributed by atoms with Crippen molar-refractivity contribution in [2.75, 3.05) is 24.3 Å². The van der Waals surface area contributed by atoms with Gasteiger partial charge in [-0.3, -0.25) is 0 Å². The number of hydrogen-bond acceptors (Lipinski definition) is 2. The average molecular weight is 253 g/mol. The minimum Gasteiger partial charge on any atom is -0.382 e. The number of anilines is 2. The highest BCUT2D eigenvalue weighted by Crippen LogP contribution is 2.29. The summed E-state index contributed by atoms with van der Waals surface area (Å²) in [5.41, 5.74) is 2.22. The number of benzene rings is 1. The van der Waals surface area contributed by atoms with Crippen LogP contribution in [-0.2, 0) is 0 Å². The van der Waals surface area contributed by atoms with Crippen LogP contribution < -0.4 is 10.2 Å². The highest BCUT2D eigenvalue weighted by atomic mass is 35.5. The minimum atomic E-state index is 0.630. The van der Waals surface area contributed by atoms with Crippen LogP contribution in [0.25, 0.3) is 0 Å². The summed E-state index contributed by atoms with van der Waals surface area (Å²) in [6.45, 7) is 0. The van der Waals surface area contributed by atoms with E-state index < -0.39 is 0 Å². The summed E-state index contributed by atoms with van der Waals surface area (Å²) in [5.74, 6) is 0. The van der Waals surface area contributed by atoms with Crippen LogP contribution in [0.3, 0.4) is 0 Å². The molecular weight excluding hydrogens is 232 g/mol. The Bertz CT molecular complexity index is 370. The van der Waals surface area contributed by atoms with Gasteiger partial charge in [0.2, 0.25) is 0 Å². The molecule has 0 bridgehead atoms. The van der Waals surface area contributed by atoms with Crippen molar-refractivity contribution in [1.82, 2.24) is 0 Å². The van der Waals surface area contributed by atoms with E-state index in [1.807, 2.05) is 25.1 Å². The molecule has 94 valence electrons. The second-order valence-corrected chi connectivity index (χ2v) is 5.45. The summed E-state index contributed by atoms with van der Waals surface area (Å²) in [4.78, 5) is 2.03. The monoisotopic (exact) mass is 252 g/mol. The fraction of sp³-hybridized carbons (Fsp3) is 0.571. The molecular formula is C14H21ClN2. The van der Waals surface area contributed by atoms with E-state index in [9.17, 15) is 0 Å². The molecule has 1 aliphatic rings. The Morgan fingerprint density at radius 3 is 2.47 bits per heavy atom. The van der Waals surface area contributed by atoms with Gasteiger partial charge >= 0.3 is 0 Å². The van der Waals surface area contributed by atoms with E-state index in [2.05, 4.69) is 17.4 Å². The normalized spacial score (nSPS) is 16.9. The molecule has 1 aromatic carbocycles. The molecule has 1 N–H and O–H groups in total. The number of hydrogen-bond donors (Lipinski definition) is 1. The fourth-order valence-electron chi connectivity index (χ4n) is 2.44. The third-order valence-electron chi connectivity index (χ3n) is 3.41. The van der Waals surface area contributed by atoms with Crippen LogP contribution in [0.5, 0.6) is 0 Å². The fourth-order valence-corrected chi connectivity index (χ4v) is 2.79. The molecule has 0 atom stereocenters. The lowest BCUT2D eigenvalue weighted by Crippen LogP contribution is -2.22. The average Bonchev–Trinajstić information content (AvgIpc) is 2.30. The Balaban J connectivity index is 2.04. The molecule has 1 aromatic rings. The topological polar surface area (TPSA) is 15.3 Å². The molecule has 0 radical (unpaired) electrons. The van der Waals surface area contributed by atoms with Crippen LogP contribution in [0.2, 0.25) is 5.02 Å². The van der Waals surface area contributed by atoms with E-state index in [1.54, 1.807) is 0 Å². The maximum Gasteiger partial charge on any atom is 0.0659 e. The van der Waals surface area contributed by atoms with Crippen LogP contribution in [0, 0.1) is 0 Å². The van der Waals surface area contributed by atoms with Crippen molar-refractivity contribution in [2.45, 2.75) is 38.1 Å². The molecule has 0 spiro atoms. The second kappa shape index (κ2) is 5.63. The lowest BCUT2D eigenvalue weighted by atomic mass is 9.95. The van der Waals surface area contributed by atoms with Crippen LogP contribution in [0.15, 0.2) is 18.2 Å². The van der Waals surface area contributed by atoms with Gasteiger partial charge in [0.05, 0.1) is 10.7 Å². The molecule has 0 heterocycles. The van der Waals surface area contributed by atoms with E-state index in [4.69, 9.17) is 11.6 Å². The molecule has 0 unspecified atom stereocenters. The lowest BCUT2D eigenvalue weighted by molar-refractivity contribution is 0.463. The maximum atomic E-state index is 6.26. The van der Waals surface area contributed by atoms with Gasteiger partial charge in [0.1, 0.15) is 0 Å². The van der Waals surface area contributed by atoms with Crippen molar-refractivity contribution in [3.63, 3.8) is 0 Å². The van der Waals surface area contributed by atoms with E-state index >= 15 is 0 Å². The second-order valence-electron chi connectivity index (χ2n) is 5.04. The van der Waals surface area contributed by atoms with E-state index in [0.717, 1.165) is 16.4 Å². The van der Waals surface area contributed by atoms with E-state index in [-0.39, 0.29) is 0 Å². The Kier molecular flexibility index (Phi) is 4.16. The van der Waals surface area contributed by atoms with Gasteiger partial charge in [-0.1, -0.05) is 30.9 Å². The van der Waals surface area contributed by atoms with Crippen LogP contribution in [0.4, 0.5) is 11.4 Å². The van der Waals surface area contributed by atoms with Crippen molar-refractivity contribution >= 4 is 23.0 Å². The zero-order chi connectivity index (χ0) is 12.3. The molecule has 0 saturated heterocycles. The first-order chi connectivity index (χ1) is 8.16. The lowest BCUT2D eigenvalue weighted by Gasteiger charge is -2.24. The standard InChI is InChI=1S/C14H21ClN2/c1-17(2)14-9-8-12(10-13(14)15)16-11-6-4-3-5-7-11/h8-11,16H,3-7H2,1-2H3. The quantitative estimate of drug-likeness (QED) is 0.869. The first-order valence-electron chi connectivity index (χ1n) is 6.40. The van der Waals surface area contributed by atoms with Crippen molar-refractivity contribution in [3.05, 3.63) is 23.2 Å². The van der Waals surface area contributed by atoms with Crippen LogP contribution in [-0.4, -0.2) is 20.1 Å². The molecule has 1 fully saturated rings. The molecule has 17 heavy (non-hydrogen) atoms. The predicted octanol–water partition coefficient (Wildman–Crippen LogP) is 4.15. The third-order valence-corrected chi connectivity index (χ3v) is 3.71. The molecule has 0 amide bonds. The third kappa shape index (κ3) is 3.29. The number of halogens is 1. The highest BCUT2D eigenvalue weighted by molar-refractivity contribution is 6.33. The van der Waals surface area contributed by atoms with E-state index in [1.165, 1.54) is 32.1 Å². The van der Waals surface area contributed by atoms with Crippen molar-refractivity contribution < 1.29 is 0 Å². The maximum absolute atomic E-state index is 6.26. The van der Waals surface area contributed by atoms with Gasteiger partial charge in [0.25, 0.3) is 0 Å². The van der Waals surface area contributed by atoms with Gasteiger partial charge < -0.3 is 10.2 Å². The largest absolute Gasteiger partial charge is 0.382 e. The number of nitrogens with zero attached hydrogens (tertiary/aromatic N) is 1.